The number of halogens is 1. The van der Waals surface area contributed by atoms with Crippen molar-refractivity contribution < 1.29 is 0 Å². The molecule has 1 atom stereocenters. The van der Waals surface area contributed by atoms with Gasteiger partial charge in [-0.2, -0.15) is 0 Å². The molecule has 2 N–H and O–H groups in total. The summed E-state index contributed by atoms with van der Waals surface area (Å²) in [5.41, 5.74) is 0.999. The second-order valence-corrected chi connectivity index (χ2v) is 6.32. The van der Waals surface area contributed by atoms with Gasteiger partial charge in [-0.25, -0.2) is 4.98 Å². The second-order valence-electron chi connectivity index (χ2n) is 5.96. The molecule has 4 nitrogen and oxygen atoms in total. The van der Waals surface area contributed by atoms with Crippen LogP contribution in [-0.4, -0.2) is 41.5 Å². The number of hydrogen-bond donors (Lipinski definition) is 2. The third-order valence-electron chi connectivity index (χ3n) is 3.63. The van der Waals surface area contributed by atoms with Crippen LogP contribution < -0.4 is 5.32 Å². The zero-order valence-electron chi connectivity index (χ0n) is 13.5. The summed E-state index contributed by atoms with van der Waals surface area (Å²) in [6, 6.07) is 0.524. The third-order valence-corrected chi connectivity index (χ3v) is 3.95. The average Bonchev–Trinajstić information content (AvgIpc) is 2.72. The van der Waals surface area contributed by atoms with Gasteiger partial charge in [-0.15, -0.1) is 0 Å². The number of aromatic amines is 1. The Hall–Kier alpha value is -0.580. The molecule has 1 rings (SSSR count). The highest BCUT2D eigenvalue weighted by molar-refractivity contribution is 6.30. The maximum Gasteiger partial charge on any atom is 0.151 e. The van der Waals surface area contributed by atoms with E-state index >= 15 is 0 Å². The summed E-state index contributed by atoms with van der Waals surface area (Å²) in [5.74, 6) is 1.62. The van der Waals surface area contributed by atoms with Crippen molar-refractivity contribution in [1.29, 1.82) is 0 Å². The molecule has 1 unspecified atom stereocenters. The monoisotopic (exact) mass is 300 g/mol. The fourth-order valence-corrected chi connectivity index (χ4v) is 2.60. The quantitative estimate of drug-likeness (QED) is 0.736. The Bertz CT molecular complexity index is 379. The van der Waals surface area contributed by atoms with Crippen LogP contribution in [0.15, 0.2) is 0 Å². The van der Waals surface area contributed by atoms with E-state index in [2.05, 4.69) is 55.1 Å². The largest absolute Gasteiger partial charge is 0.344 e. The lowest BCUT2D eigenvalue weighted by atomic mass is 10.0. The number of H-pyrrole nitrogens is 1. The van der Waals surface area contributed by atoms with Crippen molar-refractivity contribution in [2.45, 2.75) is 52.6 Å². The number of unbranched alkanes of at least 4 members (excludes halogenated alkanes) is 1. The number of aryl methyl sites for hydroxylation is 1. The predicted octanol–water partition coefficient (Wildman–Crippen LogP) is 3.08. The maximum absolute atomic E-state index is 6.17. The number of likely N-dealkylation sites (N-methyl/N-ethyl adjacent to an activating group) is 1. The summed E-state index contributed by atoms with van der Waals surface area (Å²) in [6.07, 6.45) is 3.29. The Balaban J connectivity index is 2.47. The van der Waals surface area contributed by atoms with Gasteiger partial charge in [0.2, 0.25) is 0 Å². The van der Waals surface area contributed by atoms with E-state index in [0.29, 0.717) is 17.1 Å². The first-order chi connectivity index (χ1) is 9.45. The fraction of sp³-hybridized carbons (Fsp3) is 0.800. The first kappa shape index (κ1) is 17.5. The Kier molecular flexibility index (Phi) is 7.56. The smallest absolute Gasteiger partial charge is 0.151 e. The highest BCUT2D eigenvalue weighted by Crippen LogP contribution is 2.14. The SMILES string of the molecule is CCCCc1nc(Cl)c(CNCC(C(C)C)N(C)C)[nH]1. The van der Waals surface area contributed by atoms with E-state index in [-0.39, 0.29) is 0 Å². The van der Waals surface area contributed by atoms with Gasteiger partial charge < -0.3 is 15.2 Å². The van der Waals surface area contributed by atoms with Crippen LogP contribution >= 0.6 is 11.6 Å². The molecule has 0 aromatic carbocycles. The molecule has 0 aliphatic heterocycles. The van der Waals surface area contributed by atoms with Gasteiger partial charge in [0.05, 0.1) is 5.69 Å². The minimum Gasteiger partial charge on any atom is -0.344 e. The lowest BCUT2D eigenvalue weighted by molar-refractivity contribution is 0.224. The molecule has 0 aliphatic rings. The normalized spacial score (nSPS) is 13.4. The van der Waals surface area contributed by atoms with Gasteiger partial charge in [-0.1, -0.05) is 38.8 Å². The molecule has 1 heterocycles. The van der Waals surface area contributed by atoms with Crippen molar-refractivity contribution in [2.24, 2.45) is 5.92 Å². The maximum atomic E-state index is 6.17. The summed E-state index contributed by atoms with van der Waals surface area (Å²) in [5, 5.41) is 4.08. The molecule has 5 heteroatoms. The summed E-state index contributed by atoms with van der Waals surface area (Å²) in [7, 11) is 4.25. The van der Waals surface area contributed by atoms with Crippen LogP contribution in [0, 0.1) is 5.92 Å². The van der Waals surface area contributed by atoms with Gasteiger partial charge in [0, 0.05) is 25.6 Å². The minimum absolute atomic E-state index is 0.524. The van der Waals surface area contributed by atoms with Crippen LogP contribution in [0.5, 0.6) is 0 Å². The Morgan fingerprint density at radius 1 is 1.35 bits per heavy atom. The van der Waals surface area contributed by atoms with Crippen LogP contribution in [0.2, 0.25) is 5.15 Å². The third kappa shape index (κ3) is 5.43. The summed E-state index contributed by atoms with van der Waals surface area (Å²) in [6.45, 7) is 8.37. The highest BCUT2D eigenvalue weighted by atomic mass is 35.5. The van der Waals surface area contributed by atoms with Crippen LogP contribution in [0.25, 0.3) is 0 Å². The number of hydrogen-bond acceptors (Lipinski definition) is 3. The molecule has 0 saturated heterocycles. The molecule has 0 spiro atoms. The zero-order valence-corrected chi connectivity index (χ0v) is 14.2. The zero-order chi connectivity index (χ0) is 15.1. The molecular formula is C15H29ClN4. The van der Waals surface area contributed by atoms with E-state index in [4.69, 9.17) is 11.6 Å². The second kappa shape index (κ2) is 8.65. The molecule has 0 fully saturated rings. The molecule has 0 amide bonds. The number of imidazole rings is 1. The summed E-state index contributed by atoms with van der Waals surface area (Å²) < 4.78 is 0. The topological polar surface area (TPSA) is 44.0 Å². The first-order valence-corrected chi connectivity index (χ1v) is 7.93. The molecule has 0 aliphatic carbocycles. The Morgan fingerprint density at radius 3 is 2.60 bits per heavy atom. The molecular weight excluding hydrogens is 272 g/mol. The van der Waals surface area contributed by atoms with Gasteiger partial charge in [-0.05, 0) is 26.4 Å². The molecule has 0 bridgehead atoms. The number of nitrogens with zero attached hydrogens (tertiary/aromatic N) is 2. The fourth-order valence-electron chi connectivity index (χ4n) is 2.38. The van der Waals surface area contributed by atoms with Crippen LogP contribution in [0.3, 0.4) is 0 Å². The van der Waals surface area contributed by atoms with Gasteiger partial charge in [0.1, 0.15) is 5.82 Å². The molecule has 1 aromatic rings. The van der Waals surface area contributed by atoms with Gasteiger partial charge in [-0.3, -0.25) is 0 Å². The van der Waals surface area contributed by atoms with Gasteiger partial charge >= 0.3 is 0 Å². The molecule has 1 aromatic heterocycles. The Labute approximate surface area is 128 Å². The van der Waals surface area contributed by atoms with E-state index in [1.807, 2.05) is 0 Å². The molecule has 0 saturated carbocycles. The standard InChI is InChI=1S/C15H29ClN4/c1-6-7-8-14-18-12(15(16)19-14)9-17-10-13(11(2)3)20(4)5/h11,13,17H,6-10H2,1-5H3,(H,18,19). The van der Waals surface area contributed by atoms with Crippen molar-refractivity contribution in [2.75, 3.05) is 20.6 Å². The van der Waals surface area contributed by atoms with Crippen LogP contribution in [0.4, 0.5) is 0 Å². The highest BCUT2D eigenvalue weighted by Gasteiger charge is 2.15. The number of nitrogens with one attached hydrogen (secondary N) is 2. The molecule has 116 valence electrons. The molecule has 20 heavy (non-hydrogen) atoms. The van der Waals surface area contributed by atoms with Crippen molar-refractivity contribution in [3.63, 3.8) is 0 Å². The minimum atomic E-state index is 0.524. The van der Waals surface area contributed by atoms with Gasteiger partial charge in [0.15, 0.2) is 5.15 Å². The van der Waals surface area contributed by atoms with E-state index in [1.54, 1.807) is 0 Å². The van der Waals surface area contributed by atoms with Gasteiger partial charge in [0.25, 0.3) is 0 Å². The lowest BCUT2D eigenvalue weighted by Crippen LogP contribution is -2.41. The number of rotatable bonds is 9. The van der Waals surface area contributed by atoms with E-state index in [1.165, 1.54) is 6.42 Å². The van der Waals surface area contributed by atoms with Crippen LogP contribution in [0.1, 0.15) is 45.1 Å². The first-order valence-electron chi connectivity index (χ1n) is 7.56. The van der Waals surface area contributed by atoms with Crippen molar-refractivity contribution in [3.05, 3.63) is 16.7 Å². The average molecular weight is 301 g/mol. The summed E-state index contributed by atoms with van der Waals surface area (Å²) in [4.78, 5) is 9.97. The lowest BCUT2D eigenvalue weighted by Gasteiger charge is -2.28. The van der Waals surface area contributed by atoms with E-state index in [9.17, 15) is 0 Å². The molecule has 0 radical (unpaired) electrons. The van der Waals surface area contributed by atoms with E-state index < -0.39 is 0 Å². The van der Waals surface area contributed by atoms with Crippen LogP contribution in [-0.2, 0) is 13.0 Å². The van der Waals surface area contributed by atoms with E-state index in [0.717, 1.165) is 37.4 Å². The Morgan fingerprint density at radius 2 is 2.05 bits per heavy atom. The van der Waals surface area contributed by atoms with Crippen molar-refractivity contribution in [3.8, 4) is 0 Å². The number of aromatic nitrogens is 2. The van der Waals surface area contributed by atoms with Crippen molar-refractivity contribution in [1.82, 2.24) is 20.2 Å². The predicted molar refractivity (Wildman–Crippen MR) is 86.2 cm³/mol. The summed E-state index contributed by atoms with van der Waals surface area (Å²) >= 11 is 6.17. The van der Waals surface area contributed by atoms with Crippen molar-refractivity contribution >= 4 is 11.6 Å².